The molecule has 0 bridgehead atoms. The van der Waals surface area contributed by atoms with Crippen molar-refractivity contribution in [2.24, 2.45) is 11.8 Å². The van der Waals surface area contributed by atoms with Gasteiger partial charge in [-0.15, -0.1) is 0 Å². The standard InChI is InChI=1S/C17H23F2NO/c1-2-3-12-4-6-13(7-5-12)10-17(21)20-14-8-9-15(18)16(19)11-14/h8-9,11-13H,2-7,10H2,1H3,(H,20,21). The van der Waals surface area contributed by atoms with Crippen LogP contribution in [0.4, 0.5) is 14.5 Å². The van der Waals surface area contributed by atoms with Crippen LogP contribution in [-0.4, -0.2) is 5.91 Å². The third-order valence-electron chi connectivity index (χ3n) is 4.34. The van der Waals surface area contributed by atoms with Gasteiger partial charge in [-0.3, -0.25) is 4.79 Å². The van der Waals surface area contributed by atoms with Crippen molar-refractivity contribution in [2.45, 2.75) is 51.9 Å². The Morgan fingerprint density at radius 2 is 1.81 bits per heavy atom. The van der Waals surface area contributed by atoms with Gasteiger partial charge in [0.2, 0.25) is 5.91 Å². The van der Waals surface area contributed by atoms with Crippen molar-refractivity contribution in [3.8, 4) is 0 Å². The summed E-state index contributed by atoms with van der Waals surface area (Å²) in [5, 5.41) is 2.65. The van der Waals surface area contributed by atoms with Crippen LogP contribution < -0.4 is 5.32 Å². The Morgan fingerprint density at radius 3 is 2.43 bits per heavy atom. The van der Waals surface area contributed by atoms with Crippen LogP contribution in [0.5, 0.6) is 0 Å². The van der Waals surface area contributed by atoms with Crippen LogP contribution in [-0.2, 0) is 4.79 Å². The number of nitrogens with one attached hydrogen (secondary N) is 1. The van der Waals surface area contributed by atoms with E-state index in [-0.39, 0.29) is 5.91 Å². The first-order valence-electron chi connectivity index (χ1n) is 7.83. The van der Waals surface area contributed by atoms with Gasteiger partial charge in [-0.2, -0.15) is 0 Å². The largest absolute Gasteiger partial charge is 0.326 e. The number of amides is 1. The molecule has 0 aromatic heterocycles. The molecule has 0 aliphatic heterocycles. The topological polar surface area (TPSA) is 29.1 Å². The minimum absolute atomic E-state index is 0.111. The van der Waals surface area contributed by atoms with Gasteiger partial charge < -0.3 is 5.32 Å². The SMILES string of the molecule is CCCC1CCC(CC(=O)Nc2ccc(F)c(F)c2)CC1. The van der Waals surface area contributed by atoms with Gasteiger partial charge in [0, 0.05) is 18.2 Å². The van der Waals surface area contributed by atoms with E-state index in [1.54, 1.807) is 0 Å². The van der Waals surface area contributed by atoms with Gasteiger partial charge in [-0.1, -0.05) is 32.6 Å². The second kappa shape index (κ2) is 7.53. The zero-order chi connectivity index (χ0) is 15.2. The summed E-state index contributed by atoms with van der Waals surface area (Å²) >= 11 is 0. The molecule has 1 N–H and O–H groups in total. The molecule has 0 spiro atoms. The van der Waals surface area contributed by atoms with Crippen LogP contribution in [0.15, 0.2) is 18.2 Å². The predicted octanol–water partition coefficient (Wildman–Crippen LogP) is 4.90. The minimum atomic E-state index is -0.937. The summed E-state index contributed by atoms with van der Waals surface area (Å²) in [6, 6.07) is 3.43. The minimum Gasteiger partial charge on any atom is -0.326 e. The lowest BCUT2D eigenvalue weighted by atomic mass is 9.79. The van der Waals surface area contributed by atoms with E-state index in [9.17, 15) is 13.6 Å². The highest BCUT2D eigenvalue weighted by Crippen LogP contribution is 2.33. The molecule has 1 amide bonds. The van der Waals surface area contributed by atoms with Crippen LogP contribution in [0.1, 0.15) is 51.9 Å². The third kappa shape index (κ3) is 4.80. The van der Waals surface area contributed by atoms with Crippen molar-refractivity contribution in [2.75, 3.05) is 5.32 Å². The van der Waals surface area contributed by atoms with Gasteiger partial charge in [0.05, 0.1) is 0 Å². The maximum Gasteiger partial charge on any atom is 0.224 e. The molecule has 1 aliphatic rings. The number of halogens is 2. The Morgan fingerprint density at radius 1 is 1.14 bits per heavy atom. The molecule has 0 saturated heterocycles. The van der Waals surface area contributed by atoms with Crippen molar-refractivity contribution >= 4 is 11.6 Å². The number of benzene rings is 1. The molecule has 21 heavy (non-hydrogen) atoms. The normalized spacial score (nSPS) is 22.0. The Bertz CT molecular complexity index is 482. The molecule has 1 aliphatic carbocycles. The third-order valence-corrected chi connectivity index (χ3v) is 4.34. The Labute approximate surface area is 124 Å². The van der Waals surface area contributed by atoms with Gasteiger partial charge in [-0.25, -0.2) is 8.78 Å². The first-order valence-corrected chi connectivity index (χ1v) is 7.83. The molecule has 1 aromatic rings. The number of carbonyl (C=O) groups is 1. The van der Waals surface area contributed by atoms with E-state index < -0.39 is 11.6 Å². The monoisotopic (exact) mass is 295 g/mol. The van der Waals surface area contributed by atoms with Gasteiger partial charge in [-0.05, 0) is 36.8 Å². The van der Waals surface area contributed by atoms with E-state index in [0.717, 1.165) is 30.9 Å². The summed E-state index contributed by atoms with van der Waals surface area (Å²) in [5.41, 5.74) is 0.318. The zero-order valence-corrected chi connectivity index (χ0v) is 12.5. The Kier molecular flexibility index (Phi) is 5.71. The average Bonchev–Trinajstić information content (AvgIpc) is 2.45. The van der Waals surface area contributed by atoms with Crippen molar-refractivity contribution in [3.05, 3.63) is 29.8 Å². The molecule has 2 rings (SSSR count). The van der Waals surface area contributed by atoms with Gasteiger partial charge >= 0.3 is 0 Å². The van der Waals surface area contributed by atoms with Crippen molar-refractivity contribution in [3.63, 3.8) is 0 Å². The maximum absolute atomic E-state index is 13.1. The molecule has 116 valence electrons. The lowest BCUT2D eigenvalue weighted by Crippen LogP contribution is -2.21. The van der Waals surface area contributed by atoms with Gasteiger partial charge in [0.15, 0.2) is 11.6 Å². The predicted molar refractivity (Wildman–Crippen MR) is 80.0 cm³/mol. The summed E-state index contributed by atoms with van der Waals surface area (Å²) in [5.74, 6) is -0.709. The van der Waals surface area contributed by atoms with Crippen LogP contribution in [0.2, 0.25) is 0 Å². The highest BCUT2D eigenvalue weighted by Gasteiger charge is 2.22. The number of rotatable bonds is 5. The zero-order valence-electron chi connectivity index (χ0n) is 12.5. The van der Waals surface area contributed by atoms with Gasteiger partial charge in [0.25, 0.3) is 0 Å². The smallest absolute Gasteiger partial charge is 0.224 e. The van der Waals surface area contributed by atoms with Crippen LogP contribution in [0.3, 0.4) is 0 Å². The van der Waals surface area contributed by atoms with Crippen molar-refractivity contribution in [1.29, 1.82) is 0 Å². The van der Waals surface area contributed by atoms with E-state index in [4.69, 9.17) is 0 Å². The molecule has 1 aromatic carbocycles. The summed E-state index contributed by atoms with van der Waals surface area (Å²) in [6.45, 7) is 2.21. The van der Waals surface area contributed by atoms with E-state index in [0.29, 0.717) is 18.0 Å². The summed E-state index contributed by atoms with van der Waals surface area (Å²) < 4.78 is 25.9. The summed E-state index contributed by atoms with van der Waals surface area (Å²) in [7, 11) is 0. The molecule has 0 atom stereocenters. The second-order valence-electron chi connectivity index (χ2n) is 6.06. The van der Waals surface area contributed by atoms with E-state index in [2.05, 4.69) is 12.2 Å². The molecule has 0 unspecified atom stereocenters. The molecule has 1 saturated carbocycles. The molecule has 1 fully saturated rings. The molecular weight excluding hydrogens is 272 g/mol. The number of hydrogen-bond donors (Lipinski definition) is 1. The fourth-order valence-corrected chi connectivity index (χ4v) is 3.18. The summed E-state index contributed by atoms with van der Waals surface area (Å²) in [6.07, 6.45) is 7.58. The van der Waals surface area contributed by atoms with E-state index in [1.165, 1.54) is 31.7 Å². The van der Waals surface area contributed by atoms with Crippen molar-refractivity contribution < 1.29 is 13.6 Å². The highest BCUT2D eigenvalue weighted by molar-refractivity contribution is 5.90. The maximum atomic E-state index is 13.1. The molecular formula is C17H23F2NO. The lowest BCUT2D eigenvalue weighted by molar-refractivity contribution is -0.117. The molecule has 0 heterocycles. The number of carbonyl (C=O) groups excluding carboxylic acids is 1. The fourth-order valence-electron chi connectivity index (χ4n) is 3.18. The quantitative estimate of drug-likeness (QED) is 0.822. The van der Waals surface area contributed by atoms with Crippen molar-refractivity contribution in [1.82, 2.24) is 0 Å². The number of hydrogen-bond acceptors (Lipinski definition) is 1. The summed E-state index contributed by atoms with van der Waals surface area (Å²) in [4.78, 5) is 12.0. The van der Waals surface area contributed by atoms with Crippen LogP contribution in [0, 0.1) is 23.5 Å². The Hall–Kier alpha value is -1.45. The van der Waals surface area contributed by atoms with Crippen LogP contribution in [0.25, 0.3) is 0 Å². The highest BCUT2D eigenvalue weighted by atomic mass is 19.2. The average molecular weight is 295 g/mol. The van der Waals surface area contributed by atoms with Gasteiger partial charge in [0.1, 0.15) is 0 Å². The van der Waals surface area contributed by atoms with E-state index >= 15 is 0 Å². The second-order valence-corrected chi connectivity index (χ2v) is 6.06. The van der Waals surface area contributed by atoms with Crippen LogP contribution >= 0.6 is 0 Å². The molecule has 0 radical (unpaired) electrons. The first kappa shape index (κ1) is 15.9. The Balaban J connectivity index is 1.78. The lowest BCUT2D eigenvalue weighted by Gasteiger charge is -2.27. The first-order chi connectivity index (χ1) is 10.1. The van der Waals surface area contributed by atoms with E-state index in [1.807, 2.05) is 0 Å². The fraction of sp³-hybridized carbons (Fsp3) is 0.588. The molecule has 4 heteroatoms. The number of anilines is 1. The molecule has 2 nitrogen and oxygen atoms in total.